The normalized spacial score (nSPS) is 11.1. The van der Waals surface area contributed by atoms with Gasteiger partial charge >= 0.3 is 5.97 Å². The average molecular weight is 462 g/mol. The molecule has 0 bridgehead atoms. The summed E-state index contributed by atoms with van der Waals surface area (Å²) in [6.45, 7) is 1.71. The van der Waals surface area contributed by atoms with Gasteiger partial charge in [0.05, 0.1) is 22.7 Å². The van der Waals surface area contributed by atoms with E-state index in [1.807, 2.05) is 6.07 Å². The van der Waals surface area contributed by atoms with E-state index < -0.39 is 5.97 Å². The Labute approximate surface area is 180 Å². The van der Waals surface area contributed by atoms with Crippen molar-refractivity contribution in [1.82, 2.24) is 9.66 Å². The molecule has 148 valence electrons. The minimum atomic E-state index is -0.482. The Morgan fingerprint density at radius 3 is 2.53 bits per heavy atom. The van der Waals surface area contributed by atoms with E-state index in [4.69, 9.17) is 4.74 Å². The molecule has 1 aromatic heterocycles. The molecule has 7 heteroatoms. The molecule has 0 spiro atoms. The fourth-order valence-electron chi connectivity index (χ4n) is 2.92. The van der Waals surface area contributed by atoms with Crippen LogP contribution in [-0.2, 0) is 0 Å². The van der Waals surface area contributed by atoms with Gasteiger partial charge in [0, 0.05) is 10.0 Å². The van der Waals surface area contributed by atoms with Crippen molar-refractivity contribution in [2.45, 2.75) is 6.92 Å². The maximum absolute atomic E-state index is 12.8. The number of hydrogen-bond donors (Lipinski definition) is 0. The molecular weight excluding hydrogens is 446 g/mol. The molecule has 30 heavy (non-hydrogen) atoms. The number of ether oxygens (including phenoxy) is 1. The summed E-state index contributed by atoms with van der Waals surface area (Å²) in [5.41, 5.74) is 1.34. The SMILES string of the molecule is Cc1nc2ccccc2c(=O)n1N=Cc1ccccc1OC(=O)c1ccc(Br)cc1. The lowest BCUT2D eigenvalue weighted by molar-refractivity contribution is 0.0734. The number of aryl methyl sites for hydroxylation is 1. The third-order valence-corrected chi connectivity index (χ3v) is 4.96. The molecule has 0 aliphatic carbocycles. The molecule has 3 aromatic carbocycles. The predicted molar refractivity (Wildman–Crippen MR) is 119 cm³/mol. The number of esters is 1. The van der Waals surface area contributed by atoms with Crippen LogP contribution in [0.1, 0.15) is 21.7 Å². The van der Waals surface area contributed by atoms with E-state index in [1.54, 1.807) is 73.7 Å². The van der Waals surface area contributed by atoms with Crippen molar-refractivity contribution in [2.24, 2.45) is 5.10 Å². The smallest absolute Gasteiger partial charge is 0.343 e. The second kappa shape index (κ2) is 8.42. The van der Waals surface area contributed by atoms with Crippen LogP contribution in [0.2, 0.25) is 0 Å². The fraction of sp³-hybridized carbons (Fsp3) is 0.0435. The maximum atomic E-state index is 12.8. The molecule has 0 saturated heterocycles. The molecule has 0 unspecified atom stereocenters. The summed E-state index contributed by atoms with van der Waals surface area (Å²) in [4.78, 5) is 29.7. The third kappa shape index (κ3) is 4.06. The summed E-state index contributed by atoms with van der Waals surface area (Å²) < 4.78 is 7.65. The molecule has 0 saturated carbocycles. The summed E-state index contributed by atoms with van der Waals surface area (Å²) in [7, 11) is 0. The summed E-state index contributed by atoms with van der Waals surface area (Å²) in [6.07, 6.45) is 1.48. The van der Waals surface area contributed by atoms with Crippen LogP contribution in [0, 0.1) is 6.92 Å². The second-order valence-electron chi connectivity index (χ2n) is 6.47. The molecule has 0 N–H and O–H groups in total. The van der Waals surface area contributed by atoms with Crippen LogP contribution in [0.15, 0.2) is 87.2 Å². The first kappa shape index (κ1) is 19.7. The summed E-state index contributed by atoms with van der Waals surface area (Å²) in [6, 6.07) is 21.0. The summed E-state index contributed by atoms with van der Waals surface area (Å²) >= 11 is 3.34. The van der Waals surface area contributed by atoms with Gasteiger partial charge in [0.25, 0.3) is 5.56 Å². The maximum Gasteiger partial charge on any atom is 0.343 e. The summed E-state index contributed by atoms with van der Waals surface area (Å²) in [5, 5.41) is 4.78. The highest BCUT2D eigenvalue weighted by Crippen LogP contribution is 2.19. The van der Waals surface area contributed by atoms with Gasteiger partial charge in [-0.1, -0.05) is 40.2 Å². The molecule has 6 nitrogen and oxygen atoms in total. The van der Waals surface area contributed by atoms with E-state index in [0.717, 1.165) is 4.47 Å². The fourth-order valence-corrected chi connectivity index (χ4v) is 3.18. The Kier molecular flexibility index (Phi) is 5.54. The zero-order chi connectivity index (χ0) is 21.1. The largest absolute Gasteiger partial charge is 0.422 e. The number of benzene rings is 3. The molecule has 0 amide bonds. The molecular formula is C23H16BrN3O3. The van der Waals surface area contributed by atoms with Gasteiger partial charge in [-0.15, -0.1) is 0 Å². The van der Waals surface area contributed by atoms with E-state index in [9.17, 15) is 9.59 Å². The number of fused-ring (bicyclic) bond motifs is 1. The number of nitrogens with zero attached hydrogens (tertiary/aromatic N) is 3. The Hall–Kier alpha value is -3.58. The van der Waals surface area contributed by atoms with Crippen LogP contribution in [0.4, 0.5) is 0 Å². The number of hydrogen-bond acceptors (Lipinski definition) is 5. The van der Waals surface area contributed by atoms with Gasteiger partial charge in [-0.3, -0.25) is 4.79 Å². The van der Waals surface area contributed by atoms with E-state index in [2.05, 4.69) is 26.0 Å². The molecule has 0 radical (unpaired) electrons. The van der Waals surface area contributed by atoms with Gasteiger partial charge in [0.1, 0.15) is 11.6 Å². The van der Waals surface area contributed by atoms with Gasteiger partial charge in [-0.2, -0.15) is 9.78 Å². The molecule has 1 heterocycles. The minimum absolute atomic E-state index is 0.265. The Morgan fingerprint density at radius 1 is 1.03 bits per heavy atom. The summed E-state index contributed by atoms with van der Waals surface area (Å²) in [5.74, 6) is 0.317. The number of carbonyl (C=O) groups is 1. The Morgan fingerprint density at radius 2 is 1.73 bits per heavy atom. The highest BCUT2D eigenvalue weighted by molar-refractivity contribution is 9.10. The van der Waals surface area contributed by atoms with Crippen LogP contribution < -0.4 is 10.3 Å². The van der Waals surface area contributed by atoms with Crippen molar-refractivity contribution >= 4 is 39.0 Å². The average Bonchev–Trinajstić information content (AvgIpc) is 2.75. The van der Waals surface area contributed by atoms with E-state index >= 15 is 0 Å². The highest BCUT2D eigenvalue weighted by atomic mass is 79.9. The first-order chi connectivity index (χ1) is 14.5. The first-order valence-electron chi connectivity index (χ1n) is 9.12. The quantitative estimate of drug-likeness (QED) is 0.253. The van der Waals surface area contributed by atoms with E-state index in [0.29, 0.717) is 33.6 Å². The van der Waals surface area contributed by atoms with Crippen LogP contribution in [-0.4, -0.2) is 21.8 Å². The van der Waals surface area contributed by atoms with Crippen LogP contribution in [0.25, 0.3) is 10.9 Å². The van der Waals surface area contributed by atoms with Gasteiger partial charge in [-0.05, 0) is 55.5 Å². The van der Waals surface area contributed by atoms with E-state index in [1.165, 1.54) is 10.9 Å². The van der Waals surface area contributed by atoms with Crippen molar-refractivity contribution in [3.63, 3.8) is 0 Å². The number of para-hydroxylation sites is 2. The van der Waals surface area contributed by atoms with Crippen LogP contribution in [0.3, 0.4) is 0 Å². The molecule has 0 aliphatic rings. The molecule has 0 aliphatic heterocycles. The minimum Gasteiger partial charge on any atom is -0.422 e. The number of rotatable bonds is 4. The van der Waals surface area contributed by atoms with Crippen molar-refractivity contribution in [2.75, 3.05) is 0 Å². The Balaban J connectivity index is 1.66. The number of halogens is 1. The first-order valence-corrected chi connectivity index (χ1v) is 9.92. The van der Waals surface area contributed by atoms with Crippen molar-refractivity contribution < 1.29 is 9.53 Å². The second-order valence-corrected chi connectivity index (χ2v) is 7.39. The standard InChI is InChI=1S/C23H16BrN3O3/c1-15-26-20-8-4-3-7-19(20)22(28)27(15)25-14-17-6-2-5-9-21(17)30-23(29)16-10-12-18(24)13-11-16/h2-14H,1H3. The van der Waals surface area contributed by atoms with Crippen molar-refractivity contribution in [3.05, 3.63) is 105 Å². The monoisotopic (exact) mass is 461 g/mol. The topological polar surface area (TPSA) is 73.6 Å². The molecule has 0 atom stereocenters. The molecule has 4 aromatic rings. The third-order valence-electron chi connectivity index (χ3n) is 4.43. The number of carbonyl (C=O) groups excluding carboxylic acids is 1. The molecule has 4 rings (SSSR count). The van der Waals surface area contributed by atoms with Crippen molar-refractivity contribution in [1.29, 1.82) is 0 Å². The highest BCUT2D eigenvalue weighted by Gasteiger charge is 2.11. The lowest BCUT2D eigenvalue weighted by Crippen LogP contribution is -2.20. The lowest BCUT2D eigenvalue weighted by atomic mass is 10.2. The van der Waals surface area contributed by atoms with Gasteiger partial charge in [-0.25, -0.2) is 9.78 Å². The zero-order valence-electron chi connectivity index (χ0n) is 15.9. The predicted octanol–water partition coefficient (Wildman–Crippen LogP) is 4.57. The van der Waals surface area contributed by atoms with Crippen LogP contribution in [0.5, 0.6) is 5.75 Å². The molecule has 0 fully saturated rings. The lowest BCUT2D eigenvalue weighted by Gasteiger charge is -2.08. The number of aromatic nitrogens is 2. The Bertz CT molecular complexity index is 1330. The van der Waals surface area contributed by atoms with Gasteiger partial charge in [0.2, 0.25) is 0 Å². The van der Waals surface area contributed by atoms with Crippen LogP contribution >= 0.6 is 15.9 Å². The van der Waals surface area contributed by atoms with E-state index in [-0.39, 0.29) is 5.56 Å². The van der Waals surface area contributed by atoms with Gasteiger partial charge in [0.15, 0.2) is 0 Å². The van der Waals surface area contributed by atoms with Crippen molar-refractivity contribution in [3.8, 4) is 5.75 Å². The zero-order valence-corrected chi connectivity index (χ0v) is 17.5. The van der Waals surface area contributed by atoms with Gasteiger partial charge < -0.3 is 4.74 Å².